The van der Waals surface area contributed by atoms with Gasteiger partial charge in [0.05, 0.1) is 37.0 Å². The molecule has 1 aromatic heterocycles. The molecule has 1 heterocycles. The molecule has 0 aliphatic heterocycles. The molecule has 6 rings (SSSR count). The largest absolute Gasteiger partial charge is 0.495 e. The number of aromatic nitrogens is 1. The molecule has 0 radical (unpaired) electrons. The number of sulfonamides is 1. The molecule has 0 saturated heterocycles. The van der Waals surface area contributed by atoms with Crippen LogP contribution in [0.3, 0.4) is 0 Å². The Morgan fingerprint density at radius 3 is 1.94 bits per heavy atom. The summed E-state index contributed by atoms with van der Waals surface area (Å²) in [6.07, 6.45) is -0.180. The highest BCUT2D eigenvalue weighted by Crippen LogP contribution is 2.46. The standard InChI is InChI=1S/C36H29F8N3O6S/c1-53-27-13-21(35(49)50)6-7-26(27)47(15-18-10-22(19-2-3-19)12-23(11-18)20-4-5-20)28(48)17-46(16-24-14-45-9-8-25(24)36(42,43)44)54(51,52)34-32(40)30(38)29(37)31(39)33(34)41/h6-14,19-20H,2-5,15-17H2,1H3,(H,49,50). The molecular formula is C36H29F8N3O6S. The summed E-state index contributed by atoms with van der Waals surface area (Å²) in [5, 5.41) is 9.56. The Morgan fingerprint density at radius 1 is 0.852 bits per heavy atom. The fraction of sp³-hybridized carbons (Fsp3) is 0.306. The summed E-state index contributed by atoms with van der Waals surface area (Å²) in [4.78, 5) is 28.3. The van der Waals surface area contributed by atoms with Crippen molar-refractivity contribution < 1.29 is 63.0 Å². The van der Waals surface area contributed by atoms with Crippen LogP contribution in [0.4, 0.5) is 40.8 Å². The van der Waals surface area contributed by atoms with Gasteiger partial charge >= 0.3 is 12.1 Å². The first kappa shape index (κ1) is 38.6. The first-order chi connectivity index (χ1) is 25.4. The van der Waals surface area contributed by atoms with E-state index in [-0.39, 0.29) is 39.7 Å². The van der Waals surface area contributed by atoms with Crippen LogP contribution in [0.5, 0.6) is 5.75 Å². The van der Waals surface area contributed by atoms with Crippen molar-refractivity contribution in [3.8, 4) is 5.75 Å². The van der Waals surface area contributed by atoms with Gasteiger partial charge in [0.1, 0.15) is 5.75 Å². The summed E-state index contributed by atoms with van der Waals surface area (Å²) in [5.41, 5.74) is -0.325. The lowest BCUT2D eigenvalue weighted by Crippen LogP contribution is -2.43. The van der Waals surface area contributed by atoms with Gasteiger partial charge in [0, 0.05) is 18.9 Å². The van der Waals surface area contributed by atoms with Crippen LogP contribution < -0.4 is 9.64 Å². The Labute approximate surface area is 302 Å². The monoisotopic (exact) mass is 783 g/mol. The lowest BCUT2D eigenvalue weighted by atomic mass is 9.99. The van der Waals surface area contributed by atoms with Crippen LogP contribution in [0.1, 0.15) is 75.7 Å². The Morgan fingerprint density at radius 2 is 1.43 bits per heavy atom. The second-order valence-corrected chi connectivity index (χ2v) is 14.8. The van der Waals surface area contributed by atoms with E-state index in [1.807, 2.05) is 12.1 Å². The number of ether oxygens (including phenoxy) is 1. The molecule has 0 unspecified atom stereocenters. The van der Waals surface area contributed by atoms with Gasteiger partial charge in [-0.15, -0.1) is 0 Å². The Hall–Kier alpha value is -5.10. The molecular weight excluding hydrogens is 754 g/mol. The molecule has 2 aliphatic rings. The van der Waals surface area contributed by atoms with Crippen molar-refractivity contribution in [3.63, 3.8) is 0 Å². The number of nitrogens with zero attached hydrogens (tertiary/aromatic N) is 3. The number of carboxylic acids is 1. The van der Waals surface area contributed by atoms with Crippen LogP contribution in [0.2, 0.25) is 0 Å². The van der Waals surface area contributed by atoms with Gasteiger partial charge in [-0.3, -0.25) is 9.78 Å². The van der Waals surface area contributed by atoms with E-state index in [0.717, 1.165) is 67.1 Å². The smallest absolute Gasteiger partial charge is 0.416 e. The Kier molecular flexibility index (Phi) is 10.5. The summed E-state index contributed by atoms with van der Waals surface area (Å²) in [6, 6.07) is 9.48. The van der Waals surface area contributed by atoms with Crippen molar-refractivity contribution in [1.29, 1.82) is 0 Å². The zero-order valence-corrected chi connectivity index (χ0v) is 28.9. The highest BCUT2D eigenvalue weighted by atomic mass is 32.2. The number of aromatic carboxylic acids is 1. The number of carbonyl (C=O) groups excluding carboxylic acids is 1. The van der Waals surface area contributed by atoms with Crippen LogP contribution >= 0.6 is 0 Å². The quantitative estimate of drug-likeness (QED) is 0.0840. The average molecular weight is 784 g/mol. The number of pyridine rings is 1. The van der Waals surface area contributed by atoms with Crippen molar-refractivity contribution in [2.75, 3.05) is 18.6 Å². The van der Waals surface area contributed by atoms with Crippen LogP contribution in [-0.2, 0) is 34.1 Å². The second-order valence-electron chi connectivity index (χ2n) is 12.9. The minimum absolute atomic E-state index is 0.136. The first-order valence-corrected chi connectivity index (χ1v) is 17.7. The van der Waals surface area contributed by atoms with Gasteiger partial charge in [0.15, 0.2) is 28.2 Å². The predicted octanol–water partition coefficient (Wildman–Crippen LogP) is 7.68. The second kappa shape index (κ2) is 14.6. The minimum atomic E-state index is -6.04. The lowest BCUT2D eigenvalue weighted by molar-refractivity contribution is -0.138. The van der Waals surface area contributed by atoms with E-state index in [1.54, 1.807) is 0 Å². The Bertz CT molecular complexity index is 2200. The molecule has 0 bridgehead atoms. The van der Waals surface area contributed by atoms with Crippen molar-refractivity contribution in [1.82, 2.24) is 9.29 Å². The molecule has 0 spiro atoms. The molecule has 1 amide bonds. The van der Waals surface area contributed by atoms with Crippen LogP contribution in [0, 0.1) is 29.1 Å². The van der Waals surface area contributed by atoms with Crippen molar-refractivity contribution in [3.05, 3.63) is 117 Å². The van der Waals surface area contributed by atoms with Gasteiger partial charge in [-0.1, -0.05) is 18.2 Å². The number of amides is 1. The molecule has 1 N–H and O–H groups in total. The normalized spacial score (nSPS) is 14.7. The molecule has 286 valence electrons. The number of rotatable bonds is 13. The van der Waals surface area contributed by atoms with E-state index < -0.39 is 86.3 Å². The molecule has 3 aromatic carbocycles. The first-order valence-electron chi connectivity index (χ1n) is 16.3. The SMILES string of the molecule is COc1cc(C(=O)O)ccc1N(Cc1cc(C2CC2)cc(C2CC2)c1)C(=O)CN(Cc1cnccc1C(F)(F)F)S(=O)(=O)c1c(F)c(F)c(F)c(F)c1F. The number of alkyl halides is 3. The number of carbonyl (C=O) groups is 2. The van der Waals surface area contributed by atoms with E-state index in [2.05, 4.69) is 11.1 Å². The zero-order valence-electron chi connectivity index (χ0n) is 28.1. The van der Waals surface area contributed by atoms with Crippen LogP contribution in [0.25, 0.3) is 0 Å². The molecule has 2 saturated carbocycles. The van der Waals surface area contributed by atoms with Crippen molar-refractivity contribution in [2.24, 2.45) is 0 Å². The maximum Gasteiger partial charge on any atom is 0.416 e. The summed E-state index contributed by atoms with van der Waals surface area (Å²) in [6.45, 7) is -3.34. The van der Waals surface area contributed by atoms with Crippen molar-refractivity contribution >= 4 is 27.6 Å². The van der Waals surface area contributed by atoms with Crippen LogP contribution in [-0.4, -0.2) is 48.3 Å². The van der Waals surface area contributed by atoms with E-state index >= 15 is 8.78 Å². The van der Waals surface area contributed by atoms with Gasteiger partial charge in [-0.2, -0.15) is 17.5 Å². The third-order valence-electron chi connectivity index (χ3n) is 9.13. The van der Waals surface area contributed by atoms with Gasteiger partial charge in [0.25, 0.3) is 0 Å². The highest BCUT2D eigenvalue weighted by Gasteiger charge is 2.41. The van der Waals surface area contributed by atoms with E-state index in [0.29, 0.717) is 17.8 Å². The third kappa shape index (κ3) is 7.75. The minimum Gasteiger partial charge on any atom is -0.495 e. The Balaban J connectivity index is 1.49. The molecule has 0 atom stereocenters. The van der Waals surface area contributed by atoms with Crippen LogP contribution in [0.15, 0.2) is 59.8 Å². The molecule has 4 aromatic rings. The molecule has 54 heavy (non-hydrogen) atoms. The predicted molar refractivity (Wildman–Crippen MR) is 175 cm³/mol. The average Bonchev–Trinajstić information content (AvgIpc) is 4.05. The fourth-order valence-electron chi connectivity index (χ4n) is 6.09. The van der Waals surface area contributed by atoms with Crippen molar-refractivity contribution in [2.45, 2.75) is 61.7 Å². The van der Waals surface area contributed by atoms with Gasteiger partial charge < -0.3 is 14.7 Å². The van der Waals surface area contributed by atoms with E-state index in [9.17, 15) is 49.5 Å². The summed E-state index contributed by atoms with van der Waals surface area (Å²) < 4.78 is 148. The van der Waals surface area contributed by atoms with E-state index in [4.69, 9.17) is 4.74 Å². The fourth-order valence-corrected chi connectivity index (χ4v) is 7.57. The number of hydrogen-bond acceptors (Lipinski definition) is 6. The number of anilines is 1. The summed E-state index contributed by atoms with van der Waals surface area (Å²) in [5.74, 6) is -15.9. The maximum absolute atomic E-state index is 15.1. The molecule has 2 fully saturated rings. The van der Waals surface area contributed by atoms with Gasteiger partial charge in [0.2, 0.25) is 21.7 Å². The number of hydrogen-bond donors (Lipinski definition) is 1. The topological polar surface area (TPSA) is 117 Å². The third-order valence-corrected chi connectivity index (χ3v) is 10.9. The summed E-state index contributed by atoms with van der Waals surface area (Å²) >= 11 is 0. The number of methoxy groups -OCH3 is 1. The van der Waals surface area contributed by atoms with Gasteiger partial charge in [-0.25, -0.2) is 35.2 Å². The number of carboxylic acid groups (broad SMARTS) is 1. The number of halogens is 8. The summed E-state index contributed by atoms with van der Waals surface area (Å²) in [7, 11) is -4.89. The maximum atomic E-state index is 15.1. The van der Waals surface area contributed by atoms with Gasteiger partial charge in [-0.05, 0) is 84.0 Å². The molecule has 9 nitrogen and oxygen atoms in total. The highest BCUT2D eigenvalue weighted by molar-refractivity contribution is 7.89. The van der Waals surface area contributed by atoms with E-state index in [1.165, 1.54) is 6.07 Å². The zero-order chi connectivity index (χ0) is 39.3. The number of benzene rings is 3. The molecule has 2 aliphatic carbocycles. The lowest BCUT2D eigenvalue weighted by Gasteiger charge is -2.29. The molecule has 18 heteroatoms.